The van der Waals surface area contributed by atoms with Gasteiger partial charge in [0, 0.05) is 6.54 Å². The van der Waals surface area contributed by atoms with Gasteiger partial charge >= 0.3 is 12.3 Å². The number of allylic oxidation sites excluding steroid dienone is 1. The van der Waals surface area contributed by atoms with E-state index in [1.165, 1.54) is 30.6 Å². The molecule has 0 bridgehead atoms. The summed E-state index contributed by atoms with van der Waals surface area (Å²) in [5.74, 6) is -1.60. The minimum atomic E-state index is -4.70. The van der Waals surface area contributed by atoms with E-state index < -0.39 is 35.1 Å². The molecule has 176 valence electrons. The van der Waals surface area contributed by atoms with Crippen LogP contribution in [0.5, 0.6) is 5.75 Å². The lowest BCUT2D eigenvalue weighted by molar-refractivity contribution is -0.137. The van der Waals surface area contributed by atoms with E-state index in [2.05, 4.69) is 28.3 Å². The monoisotopic (exact) mass is 473 g/mol. The molecule has 1 N–H and O–H groups in total. The lowest BCUT2D eigenvalue weighted by Crippen LogP contribution is -2.36. The van der Waals surface area contributed by atoms with Gasteiger partial charge in [-0.05, 0) is 30.3 Å². The molecule has 0 unspecified atom stereocenters. The fourth-order valence-electron chi connectivity index (χ4n) is 2.95. The molecule has 3 rings (SSSR count). The highest BCUT2D eigenvalue weighted by Crippen LogP contribution is 2.34. The van der Waals surface area contributed by atoms with Crippen molar-refractivity contribution < 1.29 is 32.6 Å². The molecule has 0 aliphatic carbocycles. The van der Waals surface area contributed by atoms with Crippen LogP contribution in [0.3, 0.4) is 0 Å². The van der Waals surface area contributed by atoms with Crippen molar-refractivity contribution in [1.29, 1.82) is 0 Å². The van der Waals surface area contributed by atoms with Crippen molar-refractivity contribution in [3.05, 3.63) is 79.2 Å². The Morgan fingerprint density at radius 1 is 1.18 bits per heavy atom. The van der Waals surface area contributed by atoms with Crippen molar-refractivity contribution >= 4 is 17.8 Å². The number of pyridine rings is 1. The number of hydrogen-bond acceptors (Lipinski definition) is 6. The van der Waals surface area contributed by atoms with E-state index in [9.17, 15) is 27.9 Å². The van der Waals surface area contributed by atoms with E-state index >= 15 is 0 Å². The average Bonchev–Trinajstić information content (AvgIpc) is 3.25. The van der Waals surface area contributed by atoms with Gasteiger partial charge in [-0.3, -0.25) is 4.79 Å². The summed E-state index contributed by atoms with van der Waals surface area (Å²) in [6.45, 7) is 7.20. The SMILES string of the molecule is C=CCOc1cc(C(F)(F)F)ccc1C(=O)N(C(=O)O)c1cccc(-c2nncn2CC=C)n1. The summed E-state index contributed by atoms with van der Waals surface area (Å²) in [6.07, 6.45) is -2.10. The summed E-state index contributed by atoms with van der Waals surface area (Å²) in [7, 11) is 0. The second kappa shape index (κ2) is 9.98. The summed E-state index contributed by atoms with van der Waals surface area (Å²) < 4.78 is 46.3. The molecule has 12 heteroatoms. The van der Waals surface area contributed by atoms with Gasteiger partial charge in [0.05, 0.1) is 11.1 Å². The number of aromatic nitrogens is 4. The fourth-order valence-corrected chi connectivity index (χ4v) is 2.95. The number of hydrogen-bond donors (Lipinski definition) is 1. The van der Waals surface area contributed by atoms with Gasteiger partial charge in [-0.25, -0.2) is 9.78 Å². The van der Waals surface area contributed by atoms with Crippen LogP contribution in [0.25, 0.3) is 11.5 Å². The number of halogens is 3. The summed E-state index contributed by atoms with van der Waals surface area (Å²) in [4.78, 5) is 29.7. The van der Waals surface area contributed by atoms with Gasteiger partial charge in [-0.15, -0.1) is 16.8 Å². The number of carboxylic acid groups (broad SMARTS) is 1. The van der Waals surface area contributed by atoms with Gasteiger partial charge in [0.25, 0.3) is 5.91 Å². The third-order valence-electron chi connectivity index (χ3n) is 4.42. The number of rotatable bonds is 8. The lowest BCUT2D eigenvalue weighted by atomic mass is 10.1. The number of carbonyl (C=O) groups is 2. The Kier molecular flexibility index (Phi) is 7.09. The number of benzene rings is 1. The molecule has 34 heavy (non-hydrogen) atoms. The van der Waals surface area contributed by atoms with Crippen LogP contribution in [0, 0.1) is 0 Å². The van der Waals surface area contributed by atoms with Crippen LogP contribution in [0.2, 0.25) is 0 Å². The smallest absolute Gasteiger partial charge is 0.420 e. The minimum Gasteiger partial charge on any atom is -0.489 e. The standard InChI is InChI=1S/C22H18F3N5O4/c1-3-10-29-13-26-28-19(29)16-6-5-7-18(27-16)30(21(32)33)20(31)15-9-8-14(22(23,24)25)12-17(15)34-11-4-2/h3-9,12-13H,1-2,10-11H2,(H,32,33). The van der Waals surface area contributed by atoms with Gasteiger partial charge in [0.1, 0.15) is 30.2 Å². The Labute approximate surface area is 191 Å². The van der Waals surface area contributed by atoms with Gasteiger partial charge < -0.3 is 14.4 Å². The van der Waals surface area contributed by atoms with Crippen molar-refractivity contribution in [3.63, 3.8) is 0 Å². The van der Waals surface area contributed by atoms with Crippen LogP contribution in [0.15, 0.2) is 68.0 Å². The molecule has 2 amide bonds. The Bertz CT molecular complexity index is 1240. The van der Waals surface area contributed by atoms with Crippen LogP contribution in [-0.2, 0) is 12.7 Å². The first-order chi connectivity index (χ1) is 16.2. The van der Waals surface area contributed by atoms with Gasteiger partial charge in [0.15, 0.2) is 5.82 Å². The van der Waals surface area contributed by atoms with E-state index in [1.54, 1.807) is 10.6 Å². The number of anilines is 1. The Balaban J connectivity index is 2.06. The molecule has 0 spiro atoms. The molecule has 0 fully saturated rings. The Morgan fingerprint density at radius 3 is 2.59 bits per heavy atom. The zero-order valence-corrected chi connectivity index (χ0v) is 17.6. The third kappa shape index (κ3) is 5.11. The van der Waals surface area contributed by atoms with Crippen molar-refractivity contribution in [2.24, 2.45) is 0 Å². The number of amides is 2. The molecule has 0 saturated heterocycles. The first-order valence-electron chi connectivity index (χ1n) is 9.65. The summed E-state index contributed by atoms with van der Waals surface area (Å²) in [6, 6.07) is 6.39. The molecular weight excluding hydrogens is 455 g/mol. The van der Waals surface area contributed by atoms with E-state index in [4.69, 9.17) is 4.74 Å². The molecule has 3 aromatic rings. The molecule has 0 saturated carbocycles. The van der Waals surface area contributed by atoms with Gasteiger partial charge in [-0.1, -0.05) is 24.8 Å². The number of alkyl halides is 3. The highest BCUT2D eigenvalue weighted by atomic mass is 19.4. The lowest BCUT2D eigenvalue weighted by Gasteiger charge is -2.19. The fraction of sp³-hybridized carbons (Fsp3) is 0.136. The highest BCUT2D eigenvalue weighted by Gasteiger charge is 2.34. The van der Waals surface area contributed by atoms with E-state index in [-0.39, 0.29) is 18.1 Å². The maximum atomic E-state index is 13.2. The normalized spacial score (nSPS) is 11.0. The molecule has 0 radical (unpaired) electrons. The third-order valence-corrected chi connectivity index (χ3v) is 4.42. The van der Waals surface area contributed by atoms with Gasteiger partial charge in [0.2, 0.25) is 0 Å². The highest BCUT2D eigenvalue weighted by molar-refractivity contribution is 6.19. The second-order valence-electron chi connectivity index (χ2n) is 6.71. The van der Waals surface area contributed by atoms with Crippen LogP contribution in [0.4, 0.5) is 23.8 Å². The molecule has 0 aliphatic heterocycles. The largest absolute Gasteiger partial charge is 0.489 e. The predicted molar refractivity (Wildman–Crippen MR) is 115 cm³/mol. The average molecular weight is 473 g/mol. The van der Waals surface area contributed by atoms with Crippen molar-refractivity contribution in [2.75, 3.05) is 11.5 Å². The molecule has 2 heterocycles. The topological polar surface area (TPSA) is 110 Å². The van der Waals surface area contributed by atoms with Crippen LogP contribution >= 0.6 is 0 Å². The number of nitrogens with zero attached hydrogens (tertiary/aromatic N) is 5. The summed E-state index contributed by atoms with van der Waals surface area (Å²) in [5.41, 5.74) is -1.25. The summed E-state index contributed by atoms with van der Waals surface area (Å²) in [5, 5.41) is 17.5. The zero-order chi connectivity index (χ0) is 24.9. The molecule has 1 aromatic carbocycles. The van der Waals surface area contributed by atoms with Crippen LogP contribution < -0.4 is 9.64 Å². The van der Waals surface area contributed by atoms with E-state index in [0.29, 0.717) is 29.4 Å². The zero-order valence-electron chi connectivity index (χ0n) is 17.6. The second-order valence-corrected chi connectivity index (χ2v) is 6.71. The van der Waals surface area contributed by atoms with Gasteiger partial charge in [-0.2, -0.15) is 18.1 Å². The Morgan fingerprint density at radius 2 is 1.94 bits per heavy atom. The predicted octanol–water partition coefficient (Wildman–Crippen LogP) is 4.43. The number of ether oxygens (including phenoxy) is 1. The molecular formula is C22H18F3N5O4. The summed E-state index contributed by atoms with van der Waals surface area (Å²) >= 11 is 0. The minimum absolute atomic E-state index is 0.207. The van der Waals surface area contributed by atoms with Crippen molar-refractivity contribution in [1.82, 2.24) is 19.7 Å². The Hall–Kier alpha value is -4.48. The maximum Gasteiger partial charge on any atom is 0.420 e. The molecule has 2 aromatic heterocycles. The molecule has 0 atom stereocenters. The van der Waals surface area contributed by atoms with Crippen molar-refractivity contribution in [2.45, 2.75) is 12.7 Å². The maximum absolute atomic E-state index is 13.2. The molecule has 0 aliphatic rings. The van der Waals surface area contributed by atoms with Crippen LogP contribution in [0.1, 0.15) is 15.9 Å². The first kappa shape index (κ1) is 24.2. The number of imide groups is 1. The van der Waals surface area contributed by atoms with Crippen LogP contribution in [-0.4, -0.2) is 43.5 Å². The quantitative estimate of drug-likeness (QED) is 0.482. The molecule has 9 nitrogen and oxygen atoms in total. The first-order valence-corrected chi connectivity index (χ1v) is 9.65. The van der Waals surface area contributed by atoms with E-state index in [1.807, 2.05) is 0 Å². The van der Waals surface area contributed by atoms with E-state index in [0.717, 1.165) is 6.07 Å². The number of carbonyl (C=O) groups excluding carboxylic acids is 1. The van der Waals surface area contributed by atoms with Crippen molar-refractivity contribution in [3.8, 4) is 17.3 Å².